The highest BCUT2D eigenvalue weighted by Gasteiger charge is 2.17. The number of hydrogen-bond acceptors (Lipinski definition) is 7. The first-order valence-corrected chi connectivity index (χ1v) is 12.1. The molecule has 0 saturated carbocycles. The molecule has 0 fully saturated rings. The highest BCUT2D eigenvalue weighted by molar-refractivity contribution is 7.98. The van der Waals surface area contributed by atoms with Crippen LogP contribution in [0.1, 0.15) is 28.4 Å². The first-order chi connectivity index (χ1) is 17.0. The number of nitro benzene ring substituents is 1. The quantitative estimate of drug-likeness (QED) is 0.122. The average Bonchev–Trinajstić information content (AvgIpc) is 3.23. The smallest absolute Gasteiger partial charge is 0.338 e. The van der Waals surface area contributed by atoms with Crippen LogP contribution in [0.5, 0.6) is 5.75 Å². The Bertz CT molecular complexity index is 1350. The van der Waals surface area contributed by atoms with Crippen molar-refractivity contribution in [3.63, 3.8) is 0 Å². The Morgan fingerprint density at radius 1 is 1.11 bits per heavy atom. The average molecular weight is 492 g/mol. The zero-order valence-corrected chi connectivity index (χ0v) is 20.3. The summed E-state index contributed by atoms with van der Waals surface area (Å²) in [4.78, 5) is 28.0. The van der Waals surface area contributed by atoms with E-state index in [2.05, 4.69) is 4.57 Å². The second-order valence-electron chi connectivity index (χ2n) is 7.74. The SMILES string of the molecule is CCOC(=O)c1ccc2c(c1)nc(SCc1ccccc1[N+](=O)[O-])n2CCc1ccc(OC)cc1. The van der Waals surface area contributed by atoms with Crippen LogP contribution >= 0.6 is 11.8 Å². The van der Waals surface area contributed by atoms with E-state index in [0.717, 1.165) is 28.4 Å². The highest BCUT2D eigenvalue weighted by Crippen LogP contribution is 2.31. The van der Waals surface area contributed by atoms with E-state index in [4.69, 9.17) is 14.5 Å². The molecule has 0 radical (unpaired) electrons. The van der Waals surface area contributed by atoms with E-state index in [9.17, 15) is 14.9 Å². The van der Waals surface area contributed by atoms with E-state index >= 15 is 0 Å². The fourth-order valence-corrected chi connectivity index (χ4v) is 4.80. The number of imidazole rings is 1. The third kappa shape index (κ3) is 5.63. The monoisotopic (exact) mass is 491 g/mol. The number of nitrogens with zero attached hydrogens (tertiary/aromatic N) is 3. The van der Waals surface area contributed by atoms with Crippen LogP contribution in [0.4, 0.5) is 5.69 Å². The van der Waals surface area contributed by atoms with Gasteiger partial charge in [-0.05, 0) is 49.2 Å². The maximum atomic E-state index is 12.2. The number of methoxy groups -OCH3 is 1. The second kappa shape index (κ2) is 11.1. The molecule has 0 bridgehead atoms. The van der Waals surface area contributed by atoms with Crippen LogP contribution in [0.15, 0.2) is 71.9 Å². The molecular weight excluding hydrogens is 466 g/mol. The van der Waals surface area contributed by atoms with Gasteiger partial charge in [-0.2, -0.15) is 0 Å². The summed E-state index contributed by atoms with van der Waals surface area (Å²) in [5.74, 6) is 0.804. The number of rotatable bonds is 10. The van der Waals surface area contributed by atoms with E-state index in [-0.39, 0.29) is 10.6 Å². The van der Waals surface area contributed by atoms with Crippen molar-refractivity contribution in [1.82, 2.24) is 9.55 Å². The molecular formula is C26H25N3O5S. The van der Waals surface area contributed by atoms with Crippen molar-refractivity contribution in [3.05, 3.63) is 93.5 Å². The summed E-state index contributed by atoms with van der Waals surface area (Å²) in [6, 6.07) is 20.0. The maximum absolute atomic E-state index is 12.2. The Kier molecular flexibility index (Phi) is 7.67. The Morgan fingerprint density at radius 3 is 2.60 bits per heavy atom. The van der Waals surface area contributed by atoms with Gasteiger partial charge in [-0.3, -0.25) is 10.1 Å². The summed E-state index contributed by atoms with van der Waals surface area (Å²) in [6.07, 6.45) is 0.758. The molecule has 0 atom stereocenters. The molecule has 35 heavy (non-hydrogen) atoms. The van der Waals surface area contributed by atoms with Gasteiger partial charge in [0, 0.05) is 23.9 Å². The van der Waals surface area contributed by atoms with Gasteiger partial charge in [0.1, 0.15) is 5.75 Å². The van der Waals surface area contributed by atoms with Crippen molar-refractivity contribution in [2.75, 3.05) is 13.7 Å². The van der Waals surface area contributed by atoms with E-state index in [1.807, 2.05) is 30.3 Å². The Labute approximate surface area is 207 Å². The number of carbonyl (C=O) groups is 1. The topological polar surface area (TPSA) is 96.5 Å². The van der Waals surface area contributed by atoms with Crippen molar-refractivity contribution >= 4 is 34.5 Å². The number of hydrogen-bond donors (Lipinski definition) is 0. The van der Waals surface area contributed by atoms with Crippen LogP contribution < -0.4 is 4.74 Å². The Hall–Kier alpha value is -3.85. The molecule has 3 aromatic carbocycles. The van der Waals surface area contributed by atoms with E-state index in [0.29, 0.717) is 35.5 Å². The van der Waals surface area contributed by atoms with E-state index in [1.54, 1.807) is 44.4 Å². The van der Waals surface area contributed by atoms with Crippen LogP contribution in [-0.2, 0) is 23.5 Å². The molecule has 1 aromatic heterocycles. The molecule has 9 heteroatoms. The molecule has 0 aliphatic rings. The standard InChI is InChI=1S/C26H25N3O5S/c1-3-34-25(30)19-10-13-24-22(16-19)27-26(35-17-20-6-4-5-7-23(20)29(31)32)28(24)15-14-18-8-11-21(33-2)12-9-18/h4-13,16H,3,14-15,17H2,1-2H3. The third-order valence-electron chi connectivity index (χ3n) is 5.55. The van der Waals surface area contributed by atoms with Crippen LogP contribution in [0.2, 0.25) is 0 Å². The van der Waals surface area contributed by atoms with Gasteiger partial charge in [0.25, 0.3) is 5.69 Å². The zero-order valence-electron chi connectivity index (χ0n) is 19.5. The number of ether oxygens (including phenoxy) is 2. The number of para-hydroxylation sites is 1. The molecule has 0 N–H and O–H groups in total. The lowest BCUT2D eigenvalue weighted by atomic mass is 10.1. The third-order valence-corrected chi connectivity index (χ3v) is 6.58. The fraction of sp³-hybridized carbons (Fsp3) is 0.231. The van der Waals surface area contributed by atoms with Crippen molar-refractivity contribution in [2.45, 2.75) is 30.8 Å². The lowest BCUT2D eigenvalue weighted by molar-refractivity contribution is -0.385. The number of benzene rings is 3. The summed E-state index contributed by atoms with van der Waals surface area (Å²) in [5, 5.41) is 12.2. The van der Waals surface area contributed by atoms with Crippen molar-refractivity contribution in [2.24, 2.45) is 0 Å². The Morgan fingerprint density at radius 2 is 1.89 bits per heavy atom. The van der Waals surface area contributed by atoms with Gasteiger partial charge in [0.15, 0.2) is 5.16 Å². The highest BCUT2D eigenvalue weighted by atomic mass is 32.2. The largest absolute Gasteiger partial charge is 0.497 e. The van der Waals surface area contributed by atoms with Gasteiger partial charge in [-0.25, -0.2) is 9.78 Å². The van der Waals surface area contributed by atoms with Gasteiger partial charge >= 0.3 is 5.97 Å². The molecule has 4 aromatic rings. The molecule has 0 unspecified atom stereocenters. The molecule has 0 saturated heterocycles. The van der Waals surface area contributed by atoms with Crippen LogP contribution in [-0.4, -0.2) is 34.2 Å². The molecule has 180 valence electrons. The number of aryl methyl sites for hydroxylation is 2. The minimum Gasteiger partial charge on any atom is -0.497 e. The summed E-state index contributed by atoms with van der Waals surface area (Å²) >= 11 is 1.43. The first kappa shape index (κ1) is 24.3. The zero-order chi connectivity index (χ0) is 24.8. The van der Waals surface area contributed by atoms with Gasteiger partial charge in [0.2, 0.25) is 0 Å². The molecule has 0 aliphatic heterocycles. The number of fused-ring (bicyclic) bond motifs is 1. The molecule has 0 amide bonds. The maximum Gasteiger partial charge on any atom is 0.338 e. The van der Waals surface area contributed by atoms with E-state index < -0.39 is 5.97 Å². The van der Waals surface area contributed by atoms with Gasteiger partial charge in [-0.1, -0.05) is 42.1 Å². The van der Waals surface area contributed by atoms with Crippen molar-refractivity contribution in [3.8, 4) is 5.75 Å². The van der Waals surface area contributed by atoms with Gasteiger partial charge in [0.05, 0.1) is 35.2 Å². The summed E-state index contributed by atoms with van der Waals surface area (Å²) in [7, 11) is 1.64. The van der Waals surface area contributed by atoms with Crippen LogP contribution in [0.3, 0.4) is 0 Å². The Balaban J connectivity index is 1.65. The van der Waals surface area contributed by atoms with Crippen molar-refractivity contribution < 1.29 is 19.2 Å². The lowest BCUT2D eigenvalue weighted by Gasteiger charge is -2.10. The molecule has 4 rings (SSSR count). The summed E-state index contributed by atoms with van der Waals surface area (Å²) in [6.45, 7) is 2.72. The van der Waals surface area contributed by atoms with E-state index in [1.165, 1.54) is 17.8 Å². The molecule has 8 nitrogen and oxygen atoms in total. The lowest BCUT2D eigenvalue weighted by Crippen LogP contribution is -2.05. The molecule has 0 spiro atoms. The van der Waals surface area contributed by atoms with Gasteiger partial charge < -0.3 is 14.0 Å². The number of esters is 1. The number of nitro groups is 1. The summed E-state index contributed by atoms with van der Waals surface area (Å²) < 4.78 is 12.5. The van der Waals surface area contributed by atoms with Crippen molar-refractivity contribution in [1.29, 1.82) is 0 Å². The van der Waals surface area contributed by atoms with Crippen LogP contribution in [0.25, 0.3) is 11.0 Å². The van der Waals surface area contributed by atoms with Crippen LogP contribution in [0, 0.1) is 10.1 Å². The predicted octanol–water partition coefficient (Wildman–Crippen LogP) is 5.66. The fourth-order valence-electron chi connectivity index (χ4n) is 3.76. The second-order valence-corrected chi connectivity index (χ2v) is 8.69. The minimum absolute atomic E-state index is 0.0884. The van der Waals surface area contributed by atoms with Gasteiger partial charge in [-0.15, -0.1) is 0 Å². The molecule has 1 heterocycles. The first-order valence-electron chi connectivity index (χ1n) is 11.2. The summed E-state index contributed by atoms with van der Waals surface area (Å²) in [5.41, 5.74) is 3.86. The number of carbonyl (C=O) groups excluding carboxylic acids is 1. The number of thioether (sulfide) groups is 1. The minimum atomic E-state index is -0.392. The number of aromatic nitrogens is 2. The molecule has 0 aliphatic carbocycles. The normalized spacial score (nSPS) is 10.9. The predicted molar refractivity (Wildman–Crippen MR) is 135 cm³/mol.